The molecule has 4 radical (unpaired) electrons. The molecule has 540 valence electrons. The maximum absolute atomic E-state index is 13.0. The molecule has 0 N–H and O–H groups in total. The van der Waals surface area contributed by atoms with E-state index in [2.05, 4.69) is 79.1 Å². The van der Waals surface area contributed by atoms with Crippen molar-refractivity contribution in [2.45, 2.75) is 54.4 Å². The Balaban J connectivity index is 0.000000251. The Kier molecular flexibility index (Phi) is 36.5. The molecular weight excluding hydrogens is 1810 g/mol. The van der Waals surface area contributed by atoms with Crippen LogP contribution in [-0.2, 0) is 185 Å². The molecule has 0 unspecified atom stereocenters. The Morgan fingerprint density at radius 3 is 1.08 bits per heavy atom. The molecule has 4 heterocycles. The first kappa shape index (κ1) is 90.5. The van der Waals surface area contributed by atoms with Gasteiger partial charge >= 0.3 is 28.3 Å². The van der Waals surface area contributed by atoms with E-state index in [4.69, 9.17) is 65.4 Å². The van der Waals surface area contributed by atoms with Crippen LogP contribution >= 0.6 is 69.9 Å². The zero-order valence-electron chi connectivity index (χ0n) is 56.2. The van der Waals surface area contributed by atoms with Crippen LogP contribution in [0.25, 0.3) is 34.4 Å². The van der Waals surface area contributed by atoms with Gasteiger partial charge in [-0.1, -0.05) is 73.0 Å². The predicted molar refractivity (Wildman–Crippen MR) is 373 cm³/mol. The third kappa shape index (κ3) is 23.7. The molecule has 0 saturated heterocycles. The van der Waals surface area contributed by atoms with Gasteiger partial charge in [0.2, 0.25) is 0 Å². The van der Waals surface area contributed by atoms with Crippen LogP contribution in [0, 0.1) is 24.3 Å². The van der Waals surface area contributed by atoms with Gasteiger partial charge in [0.15, 0.2) is 0 Å². The van der Waals surface area contributed by atoms with E-state index in [0.29, 0.717) is 66.7 Å². The van der Waals surface area contributed by atoms with Crippen molar-refractivity contribution in [3.8, 4) is 45.7 Å². The Morgan fingerprint density at radius 2 is 0.774 bits per heavy atom. The van der Waals surface area contributed by atoms with Crippen molar-refractivity contribution in [2.24, 2.45) is 28.2 Å². The van der Waals surface area contributed by atoms with E-state index in [-0.39, 0.29) is 212 Å². The largest absolute Gasteiger partial charge is 0.513 e. The number of hydrogen-bond donors (Lipinski definition) is 0. The van der Waals surface area contributed by atoms with Gasteiger partial charge in [0, 0.05) is 214 Å². The molecule has 106 heavy (non-hydrogen) atoms. The van der Waals surface area contributed by atoms with E-state index in [0.717, 1.165) is 51.2 Å². The number of alkyl halides is 5. The number of aromatic nitrogens is 16. The van der Waals surface area contributed by atoms with Gasteiger partial charge in [-0.15, -0.1) is 24.3 Å². The fourth-order valence-electron chi connectivity index (χ4n) is 9.20. The van der Waals surface area contributed by atoms with E-state index in [1.54, 1.807) is 99.0 Å². The number of tetrazole rings is 4. The molecule has 0 atom stereocenters. The number of hydrogen-bond acceptors (Lipinski definition) is 18. The van der Waals surface area contributed by atoms with Gasteiger partial charge < -0.3 is 18.9 Å². The van der Waals surface area contributed by atoms with Gasteiger partial charge in [0.1, 0.15) is 26.4 Å². The van der Waals surface area contributed by atoms with Gasteiger partial charge in [-0.05, 0) is 128 Å². The first-order chi connectivity index (χ1) is 48.8. The van der Waals surface area contributed by atoms with Gasteiger partial charge in [-0.3, -0.25) is 0 Å². The first-order valence-corrected chi connectivity index (χ1v) is 32.6. The molecule has 39 heteroatoms. The van der Waals surface area contributed by atoms with Crippen LogP contribution in [0.1, 0.15) is 40.3 Å². The summed E-state index contributed by atoms with van der Waals surface area (Å²) in [5.41, 5.74) is -0.0409. The summed E-state index contributed by atoms with van der Waals surface area (Å²) >= 11 is 24.3. The van der Waals surface area contributed by atoms with Crippen LogP contribution < -0.4 is 41.7 Å². The van der Waals surface area contributed by atoms with Crippen molar-refractivity contribution in [1.82, 2.24) is 79.2 Å². The van der Waals surface area contributed by atoms with Crippen molar-refractivity contribution in [3.05, 3.63) is 278 Å². The number of allylic oxidation sites excluding steroid dienone is 1. The molecule has 8 aromatic carbocycles. The molecule has 0 amide bonds. The second-order valence-electron chi connectivity index (χ2n) is 20.8. The average molecular weight is 1870 g/mol. The number of thioether (sulfide) groups is 2. The van der Waals surface area contributed by atoms with Crippen LogP contribution in [0.2, 0.25) is 20.1 Å². The monoisotopic (exact) mass is 1860 g/mol. The summed E-state index contributed by atoms with van der Waals surface area (Å²) in [5.74, 6) is -0.905. The average Bonchev–Trinajstić information content (AvgIpc) is 1.62. The zero-order valence-corrected chi connectivity index (χ0v) is 72.2. The minimum absolute atomic E-state index is 0. The Hall–Kier alpha value is -6.15. The SMILES string of the molecule is C=C(C)c1cccc(-n2nnn(C)c2=O)c1COc1cc[c-]cc1Cl.C=Cc1cccc(-n2nnn(C)c2=O)c1COc1cc[c-]cc1Cl.Cn1nnn(-c2cccc(SC(F)(F)F)c2COc2cc[c-]cc2Cl)c1=O.Cn1nnn(-c2cccc(SC(F)F)c2COc2cc[c-]cc2Cl)c1=O.[Y].[Y].[Y].[Y]. The zero-order chi connectivity index (χ0) is 73.4. The molecule has 0 bridgehead atoms. The number of ether oxygens (including phenoxy) is 4. The van der Waals surface area contributed by atoms with Crippen LogP contribution in [0.5, 0.6) is 23.0 Å². The molecule has 0 aliphatic heterocycles. The number of rotatable bonds is 21. The number of halogens is 9. The second kappa shape index (κ2) is 42.7. The number of nitrogens with zero attached hydrogens (tertiary/aromatic N) is 16. The fourth-order valence-corrected chi connectivity index (χ4v) is 11.3. The Labute approximate surface area is 730 Å². The third-order valence-electron chi connectivity index (χ3n) is 14.1. The molecule has 12 rings (SSSR count). The number of aryl methyl sites for hydroxylation is 4. The van der Waals surface area contributed by atoms with Crippen molar-refractivity contribution < 1.29 is 172 Å². The van der Waals surface area contributed by atoms with E-state index in [9.17, 15) is 41.1 Å². The van der Waals surface area contributed by atoms with Crippen molar-refractivity contribution in [2.75, 3.05) is 0 Å². The van der Waals surface area contributed by atoms with E-state index < -0.39 is 22.6 Å². The molecule has 24 nitrogen and oxygen atoms in total. The Morgan fingerprint density at radius 1 is 0.472 bits per heavy atom. The molecule has 0 aliphatic carbocycles. The summed E-state index contributed by atoms with van der Waals surface area (Å²) < 4.78 is 96.5. The van der Waals surface area contributed by atoms with Crippen molar-refractivity contribution >= 4 is 81.6 Å². The van der Waals surface area contributed by atoms with E-state index in [1.807, 2.05) is 31.2 Å². The summed E-state index contributed by atoms with van der Waals surface area (Å²) in [7, 11) is 5.92. The van der Waals surface area contributed by atoms with Crippen LogP contribution in [0.3, 0.4) is 0 Å². The summed E-state index contributed by atoms with van der Waals surface area (Å²) in [4.78, 5) is 48.9. The molecule has 0 saturated carbocycles. The maximum Gasteiger partial charge on any atom is 0.446 e. The van der Waals surface area contributed by atoms with Gasteiger partial charge in [0.05, 0.1) is 22.7 Å². The van der Waals surface area contributed by atoms with Gasteiger partial charge in [-0.2, -0.15) is 179 Å². The summed E-state index contributed by atoms with van der Waals surface area (Å²) in [6.45, 7) is 9.76. The van der Waals surface area contributed by atoms with Crippen molar-refractivity contribution in [1.29, 1.82) is 0 Å². The fraction of sp³-hybridized carbons (Fsp3) is 0.164. The van der Waals surface area contributed by atoms with Crippen molar-refractivity contribution in [3.63, 3.8) is 0 Å². The van der Waals surface area contributed by atoms with E-state index >= 15 is 0 Å². The molecule has 4 aromatic heterocycles. The molecular formula is C67H53Cl4F5N16O8S2Y4-4. The summed E-state index contributed by atoms with van der Waals surface area (Å²) in [5, 5.41) is 31.6. The maximum atomic E-state index is 13.0. The van der Waals surface area contributed by atoms with Crippen LogP contribution in [-0.4, -0.2) is 90.4 Å². The number of benzene rings is 8. The normalized spacial score (nSPS) is 10.6. The molecule has 12 aromatic rings. The summed E-state index contributed by atoms with van der Waals surface area (Å²) in [6, 6.07) is 50.7. The van der Waals surface area contributed by atoms with Gasteiger partial charge in [-0.25, -0.2) is 19.2 Å². The topological polar surface area (TPSA) is 248 Å². The second-order valence-corrected chi connectivity index (χ2v) is 24.6. The standard InChI is InChI=1S/C18H16ClN4O2.C17H14ClN4O2.C16H11ClF3N4O2S.C16H12ClF2N4O2S.4Y/c1-12(2)13-7-6-9-16(23-18(24)22(3)20-21-23)14(13)11-25-17-10-5-4-8-15(17)19;1-3-12-7-6-9-15(22-17(23)21(2)19-20-22)13(12)11-24-16-10-5-4-8-14(16)18;1-23-15(25)24(22-21-23)12-6-4-8-14(27-16(18,19)20)10(12)9-26-13-7-3-2-5-11(13)17;1-22-16(24)23(21-20-22)12-6-4-8-14(26-15(18)19)10(12)9-25-13-7-3-2-5-11(13)17;;;;/h5-10H,1,11H2,2-3H3;3,5-10H,1,11H2,2H3;3-8H,9H2,1H3;3-8,15H,9H2,1H3;;;;/q4*-1;;;;. The molecule has 0 aliphatic rings. The summed E-state index contributed by atoms with van der Waals surface area (Å²) in [6.07, 6.45) is 1.70. The molecule has 0 fully saturated rings. The minimum atomic E-state index is -4.51. The van der Waals surface area contributed by atoms with E-state index in [1.165, 1.54) is 70.6 Å². The van der Waals surface area contributed by atoms with Crippen LogP contribution in [0.15, 0.2) is 188 Å². The van der Waals surface area contributed by atoms with Gasteiger partial charge in [0.25, 0.3) is 5.76 Å². The minimum Gasteiger partial charge on any atom is -0.513 e. The smallest absolute Gasteiger partial charge is 0.446 e. The molecule has 0 spiro atoms. The van der Waals surface area contributed by atoms with Crippen LogP contribution in [0.4, 0.5) is 22.0 Å². The Bertz CT molecular complexity index is 5240. The third-order valence-corrected chi connectivity index (χ3v) is 16.9. The quantitative estimate of drug-likeness (QED) is 0.0368. The first-order valence-electron chi connectivity index (χ1n) is 29.4. The predicted octanol–water partition coefficient (Wildman–Crippen LogP) is 12.6.